The van der Waals surface area contributed by atoms with Crippen LogP contribution in [-0.4, -0.2) is 33.1 Å². The van der Waals surface area contributed by atoms with E-state index < -0.39 is 0 Å². The van der Waals surface area contributed by atoms with Gasteiger partial charge in [0.25, 0.3) is 0 Å². The lowest BCUT2D eigenvalue weighted by Crippen LogP contribution is -2.00. The molecular formula is C17H18N4OS. The lowest BCUT2D eigenvalue weighted by molar-refractivity contribution is 0.414. The number of aryl methyl sites for hydroxylation is 2. The lowest BCUT2D eigenvalue weighted by Gasteiger charge is -2.05. The first-order chi connectivity index (χ1) is 11.3. The van der Waals surface area contributed by atoms with E-state index in [9.17, 15) is 0 Å². The summed E-state index contributed by atoms with van der Waals surface area (Å²) in [5, 5.41) is 12.8. The number of hydrogen-bond donors (Lipinski definition) is 0. The molecule has 3 aromatic rings. The zero-order chi connectivity index (χ0) is 16.1. The third kappa shape index (κ3) is 3.90. The molecule has 0 N–H and O–H groups in total. The van der Waals surface area contributed by atoms with Gasteiger partial charge in [-0.25, -0.2) is 0 Å². The van der Waals surface area contributed by atoms with Gasteiger partial charge in [-0.15, -0.1) is 5.10 Å². The van der Waals surface area contributed by atoms with Crippen LogP contribution < -0.4 is 4.74 Å². The zero-order valence-electron chi connectivity index (χ0n) is 13.1. The number of ether oxygens (including phenoxy) is 1. The number of tetrazole rings is 1. The van der Waals surface area contributed by atoms with Crippen molar-refractivity contribution in [1.82, 2.24) is 20.2 Å². The van der Waals surface area contributed by atoms with Gasteiger partial charge >= 0.3 is 0 Å². The standard InChI is InChI=1S/C17H18N4OS/c1-13-3-7-15(8-4-13)21-17(18-19-20-21)23-12-11-14-5-9-16(22-2)10-6-14/h3-10H,11-12H2,1-2H3. The fourth-order valence-corrected chi connectivity index (χ4v) is 3.05. The Morgan fingerprint density at radius 2 is 1.78 bits per heavy atom. The van der Waals surface area contributed by atoms with Gasteiger partial charge in [0.15, 0.2) is 0 Å². The van der Waals surface area contributed by atoms with Crippen LogP contribution >= 0.6 is 11.8 Å². The summed E-state index contributed by atoms with van der Waals surface area (Å²) in [5.41, 5.74) is 3.47. The molecule has 0 aliphatic rings. The molecule has 23 heavy (non-hydrogen) atoms. The highest BCUT2D eigenvalue weighted by Crippen LogP contribution is 2.20. The molecule has 0 amide bonds. The first-order valence-corrected chi connectivity index (χ1v) is 8.36. The Morgan fingerprint density at radius 1 is 1.04 bits per heavy atom. The smallest absolute Gasteiger partial charge is 0.214 e. The summed E-state index contributed by atoms with van der Waals surface area (Å²) in [6.07, 6.45) is 0.954. The molecule has 0 saturated heterocycles. The Bertz CT molecular complexity index is 753. The molecule has 0 unspecified atom stereocenters. The second-order valence-corrected chi connectivity index (χ2v) is 6.22. The third-order valence-corrected chi connectivity index (χ3v) is 4.42. The minimum atomic E-state index is 0.808. The molecule has 3 rings (SSSR count). The lowest BCUT2D eigenvalue weighted by atomic mass is 10.2. The van der Waals surface area contributed by atoms with Crippen LogP contribution in [0.3, 0.4) is 0 Å². The van der Waals surface area contributed by atoms with Crippen LogP contribution in [0.15, 0.2) is 53.7 Å². The molecule has 0 fully saturated rings. The van der Waals surface area contributed by atoms with Gasteiger partial charge in [-0.3, -0.25) is 0 Å². The molecule has 1 heterocycles. The number of hydrogen-bond acceptors (Lipinski definition) is 5. The molecule has 0 spiro atoms. The van der Waals surface area contributed by atoms with Crippen LogP contribution in [0.25, 0.3) is 5.69 Å². The number of rotatable bonds is 6. The second kappa shape index (κ2) is 7.28. The topological polar surface area (TPSA) is 52.8 Å². The average Bonchev–Trinajstić information content (AvgIpc) is 3.05. The molecule has 0 radical (unpaired) electrons. The molecule has 0 aliphatic carbocycles. The molecular weight excluding hydrogens is 308 g/mol. The molecule has 0 atom stereocenters. The molecule has 0 saturated carbocycles. The van der Waals surface area contributed by atoms with Crippen molar-refractivity contribution in [3.8, 4) is 11.4 Å². The minimum Gasteiger partial charge on any atom is -0.497 e. The molecule has 118 valence electrons. The highest BCUT2D eigenvalue weighted by atomic mass is 32.2. The molecule has 2 aromatic carbocycles. The van der Waals surface area contributed by atoms with Crippen molar-refractivity contribution in [3.63, 3.8) is 0 Å². The summed E-state index contributed by atoms with van der Waals surface area (Å²) in [4.78, 5) is 0. The van der Waals surface area contributed by atoms with Crippen LogP contribution in [0, 0.1) is 6.92 Å². The third-order valence-electron chi connectivity index (χ3n) is 3.50. The van der Waals surface area contributed by atoms with Crippen LogP contribution in [-0.2, 0) is 6.42 Å². The average molecular weight is 326 g/mol. The van der Waals surface area contributed by atoms with Gasteiger partial charge in [0.1, 0.15) is 5.75 Å². The van der Waals surface area contributed by atoms with Crippen molar-refractivity contribution in [2.24, 2.45) is 0 Å². The SMILES string of the molecule is COc1ccc(CCSc2nnnn2-c2ccc(C)cc2)cc1. The summed E-state index contributed by atoms with van der Waals surface area (Å²) < 4.78 is 6.95. The van der Waals surface area contributed by atoms with Crippen molar-refractivity contribution < 1.29 is 4.74 Å². The number of aromatic nitrogens is 4. The van der Waals surface area contributed by atoms with E-state index in [1.807, 2.05) is 24.3 Å². The second-order valence-electron chi connectivity index (χ2n) is 5.16. The van der Waals surface area contributed by atoms with Crippen molar-refractivity contribution in [3.05, 3.63) is 59.7 Å². The van der Waals surface area contributed by atoms with Crippen LogP contribution in [0.1, 0.15) is 11.1 Å². The van der Waals surface area contributed by atoms with Crippen molar-refractivity contribution in [2.75, 3.05) is 12.9 Å². The van der Waals surface area contributed by atoms with E-state index in [2.05, 4.69) is 46.7 Å². The van der Waals surface area contributed by atoms with Crippen LogP contribution in [0.4, 0.5) is 0 Å². The van der Waals surface area contributed by atoms with E-state index in [-0.39, 0.29) is 0 Å². The van der Waals surface area contributed by atoms with Crippen LogP contribution in [0.2, 0.25) is 0 Å². The van der Waals surface area contributed by atoms with E-state index in [1.54, 1.807) is 23.6 Å². The van der Waals surface area contributed by atoms with Gasteiger partial charge in [0, 0.05) is 5.75 Å². The Hall–Kier alpha value is -2.34. The van der Waals surface area contributed by atoms with Crippen molar-refractivity contribution in [1.29, 1.82) is 0 Å². The van der Waals surface area contributed by atoms with E-state index in [0.717, 1.165) is 28.8 Å². The largest absolute Gasteiger partial charge is 0.497 e. The highest BCUT2D eigenvalue weighted by molar-refractivity contribution is 7.99. The first-order valence-electron chi connectivity index (χ1n) is 7.37. The monoisotopic (exact) mass is 326 g/mol. The molecule has 0 bridgehead atoms. The Balaban J connectivity index is 1.62. The van der Waals surface area contributed by atoms with Crippen molar-refractivity contribution in [2.45, 2.75) is 18.5 Å². The summed E-state index contributed by atoms with van der Waals surface area (Å²) in [7, 11) is 1.68. The maximum atomic E-state index is 5.17. The van der Waals surface area contributed by atoms with E-state index in [0.29, 0.717) is 0 Å². The normalized spacial score (nSPS) is 10.7. The molecule has 0 aliphatic heterocycles. The first kappa shape index (κ1) is 15.6. The van der Waals surface area contributed by atoms with Gasteiger partial charge in [0.2, 0.25) is 5.16 Å². The van der Waals surface area contributed by atoms with Crippen LogP contribution in [0.5, 0.6) is 5.75 Å². The summed E-state index contributed by atoms with van der Waals surface area (Å²) in [6.45, 7) is 2.06. The fraction of sp³-hybridized carbons (Fsp3) is 0.235. The zero-order valence-corrected chi connectivity index (χ0v) is 14.0. The molecule has 5 nitrogen and oxygen atoms in total. The van der Waals surface area contributed by atoms with Gasteiger partial charge in [0.05, 0.1) is 12.8 Å². The highest BCUT2D eigenvalue weighted by Gasteiger charge is 2.08. The number of benzene rings is 2. The van der Waals surface area contributed by atoms with E-state index >= 15 is 0 Å². The Kier molecular flexibility index (Phi) is 4.92. The van der Waals surface area contributed by atoms with Gasteiger partial charge in [-0.2, -0.15) is 4.68 Å². The maximum Gasteiger partial charge on any atom is 0.214 e. The van der Waals surface area contributed by atoms with Crippen molar-refractivity contribution >= 4 is 11.8 Å². The maximum absolute atomic E-state index is 5.17. The summed E-state index contributed by atoms with van der Waals surface area (Å²) in [6, 6.07) is 16.3. The molecule has 1 aromatic heterocycles. The Morgan fingerprint density at radius 3 is 2.48 bits per heavy atom. The predicted molar refractivity (Wildman–Crippen MR) is 91.3 cm³/mol. The van der Waals surface area contributed by atoms with Gasteiger partial charge < -0.3 is 4.74 Å². The minimum absolute atomic E-state index is 0.808. The number of methoxy groups -OCH3 is 1. The van der Waals surface area contributed by atoms with E-state index in [4.69, 9.17) is 4.74 Å². The summed E-state index contributed by atoms with van der Waals surface area (Å²) in [5.74, 6) is 1.79. The Labute approximate surface area is 139 Å². The van der Waals surface area contributed by atoms with Gasteiger partial charge in [-0.1, -0.05) is 41.6 Å². The van der Waals surface area contributed by atoms with E-state index in [1.165, 1.54) is 11.1 Å². The molecule has 6 heteroatoms. The fourth-order valence-electron chi connectivity index (χ4n) is 2.17. The number of nitrogens with zero attached hydrogens (tertiary/aromatic N) is 4. The number of thioether (sulfide) groups is 1. The van der Waals surface area contributed by atoms with Gasteiger partial charge in [-0.05, 0) is 53.6 Å². The quantitative estimate of drug-likeness (QED) is 0.651. The summed E-state index contributed by atoms with van der Waals surface area (Å²) >= 11 is 1.65. The predicted octanol–water partition coefficient (Wildman–Crippen LogP) is 3.31.